The highest BCUT2D eigenvalue weighted by molar-refractivity contribution is 9.10. The fourth-order valence-corrected chi connectivity index (χ4v) is 2.26. The maximum absolute atomic E-state index is 3.54. The topological polar surface area (TPSA) is 0 Å². The van der Waals surface area contributed by atoms with Crippen LogP contribution in [0.2, 0.25) is 0 Å². The smallest absolute Gasteiger partial charge is 0.0285 e. The van der Waals surface area contributed by atoms with Crippen LogP contribution in [0.4, 0.5) is 0 Å². The average Bonchev–Trinajstić information content (AvgIpc) is 2.37. The van der Waals surface area contributed by atoms with Crippen molar-refractivity contribution < 1.29 is 0 Å². The SMILES string of the molecule is CCCCCCCCC#Cc1cccc(Br)c1C. The van der Waals surface area contributed by atoms with E-state index in [0.29, 0.717) is 0 Å². The van der Waals surface area contributed by atoms with Gasteiger partial charge in [-0.05, 0) is 31.0 Å². The van der Waals surface area contributed by atoms with E-state index < -0.39 is 0 Å². The van der Waals surface area contributed by atoms with Crippen molar-refractivity contribution in [2.45, 2.75) is 58.8 Å². The summed E-state index contributed by atoms with van der Waals surface area (Å²) < 4.78 is 1.15. The Hall–Kier alpha value is -0.740. The molecule has 0 spiro atoms. The van der Waals surface area contributed by atoms with Gasteiger partial charge in [0.1, 0.15) is 0 Å². The van der Waals surface area contributed by atoms with Crippen LogP contribution in [-0.4, -0.2) is 0 Å². The van der Waals surface area contributed by atoms with Crippen LogP contribution in [0.25, 0.3) is 0 Å². The Morgan fingerprint density at radius 2 is 1.78 bits per heavy atom. The van der Waals surface area contributed by atoms with Crippen molar-refractivity contribution >= 4 is 15.9 Å². The van der Waals surface area contributed by atoms with Crippen molar-refractivity contribution in [1.29, 1.82) is 0 Å². The zero-order valence-corrected chi connectivity index (χ0v) is 13.1. The third kappa shape index (κ3) is 5.74. The number of unbranched alkanes of at least 4 members (excludes halogenated alkanes) is 6. The molecule has 98 valence electrons. The maximum Gasteiger partial charge on any atom is 0.0285 e. The lowest BCUT2D eigenvalue weighted by Gasteiger charge is -2.00. The zero-order valence-electron chi connectivity index (χ0n) is 11.6. The van der Waals surface area contributed by atoms with E-state index in [-0.39, 0.29) is 0 Å². The van der Waals surface area contributed by atoms with Crippen molar-refractivity contribution in [1.82, 2.24) is 0 Å². The normalized spacial score (nSPS) is 9.94. The number of hydrogen-bond acceptors (Lipinski definition) is 0. The molecule has 0 bridgehead atoms. The Balaban J connectivity index is 2.27. The first-order chi connectivity index (χ1) is 8.75. The lowest BCUT2D eigenvalue weighted by atomic mass is 10.1. The summed E-state index contributed by atoms with van der Waals surface area (Å²) in [6, 6.07) is 6.20. The second-order valence-corrected chi connectivity index (χ2v) is 5.59. The van der Waals surface area contributed by atoms with Crippen LogP contribution >= 0.6 is 15.9 Å². The van der Waals surface area contributed by atoms with Crippen LogP contribution < -0.4 is 0 Å². The van der Waals surface area contributed by atoms with Gasteiger partial charge in [0.15, 0.2) is 0 Å². The second-order valence-electron chi connectivity index (χ2n) is 4.73. The molecule has 0 fully saturated rings. The molecule has 0 nitrogen and oxygen atoms in total. The van der Waals surface area contributed by atoms with Gasteiger partial charge in [-0.1, -0.05) is 72.9 Å². The second kappa shape index (κ2) is 9.22. The molecule has 0 radical (unpaired) electrons. The first-order valence-corrected chi connectivity index (χ1v) is 7.79. The molecule has 0 amide bonds. The molecule has 1 rings (SSSR count). The van der Waals surface area contributed by atoms with Gasteiger partial charge in [-0.2, -0.15) is 0 Å². The van der Waals surface area contributed by atoms with E-state index in [9.17, 15) is 0 Å². The lowest BCUT2D eigenvalue weighted by molar-refractivity contribution is 0.614. The van der Waals surface area contributed by atoms with Gasteiger partial charge < -0.3 is 0 Å². The van der Waals surface area contributed by atoms with E-state index in [1.165, 1.54) is 44.1 Å². The molecule has 1 heteroatoms. The number of hydrogen-bond donors (Lipinski definition) is 0. The highest BCUT2D eigenvalue weighted by Gasteiger charge is 1.97. The molecular weight excluding hydrogens is 284 g/mol. The maximum atomic E-state index is 3.54. The van der Waals surface area contributed by atoms with Gasteiger partial charge in [0.05, 0.1) is 0 Å². The van der Waals surface area contributed by atoms with Crippen LogP contribution in [0.1, 0.15) is 63.0 Å². The Bertz CT molecular complexity index is 409. The zero-order chi connectivity index (χ0) is 13.2. The summed E-state index contributed by atoms with van der Waals surface area (Å²) in [4.78, 5) is 0. The molecule has 0 aromatic heterocycles. The van der Waals surface area contributed by atoms with Crippen molar-refractivity contribution in [2.75, 3.05) is 0 Å². The lowest BCUT2D eigenvalue weighted by Crippen LogP contribution is -1.83. The summed E-state index contributed by atoms with van der Waals surface area (Å²) in [5, 5.41) is 0. The van der Waals surface area contributed by atoms with Gasteiger partial charge in [0.2, 0.25) is 0 Å². The van der Waals surface area contributed by atoms with Gasteiger partial charge in [-0.3, -0.25) is 0 Å². The number of benzene rings is 1. The molecule has 1 aromatic carbocycles. The summed E-state index contributed by atoms with van der Waals surface area (Å²) in [6.07, 6.45) is 9.04. The van der Waals surface area contributed by atoms with Gasteiger partial charge in [-0.25, -0.2) is 0 Å². The van der Waals surface area contributed by atoms with Crippen molar-refractivity contribution in [3.63, 3.8) is 0 Å². The van der Waals surface area contributed by atoms with Gasteiger partial charge in [0.25, 0.3) is 0 Å². The monoisotopic (exact) mass is 306 g/mol. The fourth-order valence-electron chi connectivity index (χ4n) is 1.89. The summed E-state index contributed by atoms with van der Waals surface area (Å²) in [5.74, 6) is 6.57. The van der Waals surface area contributed by atoms with Crippen LogP contribution in [0.3, 0.4) is 0 Å². The molecule has 0 aliphatic carbocycles. The molecule has 0 saturated heterocycles. The highest BCUT2D eigenvalue weighted by Crippen LogP contribution is 2.18. The van der Waals surface area contributed by atoms with E-state index in [4.69, 9.17) is 0 Å². The molecule has 0 unspecified atom stereocenters. The summed E-state index contributed by atoms with van der Waals surface area (Å²) in [5.41, 5.74) is 2.39. The molecule has 0 aliphatic rings. The predicted molar refractivity (Wildman–Crippen MR) is 83.8 cm³/mol. The van der Waals surface area contributed by atoms with Gasteiger partial charge in [-0.15, -0.1) is 0 Å². The molecule has 0 aliphatic heterocycles. The first-order valence-electron chi connectivity index (χ1n) is 6.99. The first kappa shape index (κ1) is 15.3. The van der Waals surface area contributed by atoms with Crippen LogP contribution in [0, 0.1) is 18.8 Å². The summed E-state index contributed by atoms with van der Waals surface area (Å²) in [7, 11) is 0. The largest absolute Gasteiger partial charge is 0.0979 e. The van der Waals surface area contributed by atoms with E-state index in [2.05, 4.69) is 53.8 Å². The van der Waals surface area contributed by atoms with Crippen molar-refractivity contribution in [3.8, 4) is 11.8 Å². The minimum absolute atomic E-state index is 1.03. The summed E-state index contributed by atoms with van der Waals surface area (Å²) >= 11 is 3.54. The van der Waals surface area contributed by atoms with Gasteiger partial charge >= 0.3 is 0 Å². The highest BCUT2D eigenvalue weighted by atomic mass is 79.9. The minimum atomic E-state index is 1.03. The third-order valence-electron chi connectivity index (χ3n) is 3.15. The Morgan fingerprint density at radius 1 is 1.06 bits per heavy atom. The quantitative estimate of drug-likeness (QED) is 0.456. The van der Waals surface area contributed by atoms with E-state index >= 15 is 0 Å². The van der Waals surface area contributed by atoms with E-state index in [1.807, 2.05) is 6.07 Å². The van der Waals surface area contributed by atoms with Crippen LogP contribution in [0.15, 0.2) is 22.7 Å². The molecule has 1 aromatic rings. The fraction of sp³-hybridized carbons (Fsp3) is 0.529. The number of halogens is 1. The number of rotatable bonds is 6. The standard InChI is InChI=1S/C17H23Br/c1-3-4-5-6-7-8-9-10-12-16-13-11-14-17(18)15(16)2/h11,13-14H,3-9H2,1-2H3. The minimum Gasteiger partial charge on any atom is -0.0979 e. The molecule has 0 heterocycles. The average molecular weight is 307 g/mol. The summed E-state index contributed by atoms with van der Waals surface area (Å²) in [6.45, 7) is 4.37. The Labute approximate surface area is 120 Å². The van der Waals surface area contributed by atoms with E-state index in [0.717, 1.165) is 16.5 Å². The van der Waals surface area contributed by atoms with Crippen LogP contribution in [0.5, 0.6) is 0 Å². The van der Waals surface area contributed by atoms with Gasteiger partial charge in [0, 0.05) is 16.5 Å². The van der Waals surface area contributed by atoms with E-state index in [1.54, 1.807) is 0 Å². The molecule has 0 atom stereocenters. The molecular formula is C17H23Br. The molecule has 0 saturated carbocycles. The van der Waals surface area contributed by atoms with Crippen molar-refractivity contribution in [2.24, 2.45) is 0 Å². The Morgan fingerprint density at radius 3 is 2.56 bits per heavy atom. The Kier molecular flexibility index (Phi) is 7.85. The van der Waals surface area contributed by atoms with Crippen LogP contribution in [-0.2, 0) is 0 Å². The van der Waals surface area contributed by atoms with Crippen molar-refractivity contribution in [3.05, 3.63) is 33.8 Å². The molecule has 0 N–H and O–H groups in total. The third-order valence-corrected chi connectivity index (χ3v) is 4.01. The predicted octanol–water partition coefficient (Wildman–Crippen LogP) is 5.86. The molecule has 18 heavy (non-hydrogen) atoms.